The Kier molecular flexibility index (Phi) is 11.0. The molecule has 12 heteroatoms. The summed E-state index contributed by atoms with van der Waals surface area (Å²) in [5, 5.41) is 4.20. The van der Waals surface area contributed by atoms with E-state index >= 15 is 0 Å². The SMILES string of the molecule is CC[C@@H](C(=O)NC(C)(C)C)N(Cc1ccc(Cl)c(Cl)c1)C(=O)CN(c1cccc(Cl)c1)S(=O)(=O)c1ccc(Cl)cc1. The first-order valence-electron chi connectivity index (χ1n) is 12.7. The smallest absolute Gasteiger partial charge is 0.264 e. The Labute approximate surface area is 261 Å². The van der Waals surface area contributed by atoms with Crippen molar-refractivity contribution in [2.75, 3.05) is 10.8 Å². The van der Waals surface area contributed by atoms with E-state index in [4.69, 9.17) is 46.4 Å². The monoisotopic (exact) mass is 657 g/mol. The summed E-state index contributed by atoms with van der Waals surface area (Å²) in [5.41, 5.74) is 0.236. The molecule has 0 heterocycles. The second kappa shape index (κ2) is 13.7. The summed E-state index contributed by atoms with van der Waals surface area (Å²) in [6.07, 6.45) is 0.274. The number of sulfonamides is 1. The van der Waals surface area contributed by atoms with Crippen LogP contribution < -0.4 is 9.62 Å². The Bertz CT molecular complexity index is 1510. The van der Waals surface area contributed by atoms with Crippen LogP contribution in [-0.4, -0.2) is 43.3 Å². The molecule has 0 aliphatic carbocycles. The summed E-state index contributed by atoms with van der Waals surface area (Å²) in [4.78, 5) is 28.8. The second-order valence-electron chi connectivity index (χ2n) is 10.4. The molecule has 2 amide bonds. The molecule has 0 unspecified atom stereocenters. The van der Waals surface area contributed by atoms with E-state index in [9.17, 15) is 18.0 Å². The summed E-state index contributed by atoms with van der Waals surface area (Å²) < 4.78 is 28.7. The highest BCUT2D eigenvalue weighted by atomic mass is 35.5. The van der Waals surface area contributed by atoms with Gasteiger partial charge in [-0.15, -0.1) is 0 Å². The molecule has 41 heavy (non-hydrogen) atoms. The molecule has 0 spiro atoms. The van der Waals surface area contributed by atoms with Crippen LogP contribution in [0.25, 0.3) is 0 Å². The standard InChI is InChI=1S/C29H31Cl4N3O4S/c1-5-26(28(38)34-29(2,3)4)35(17-19-9-14-24(32)25(33)15-19)27(37)18-36(22-8-6-7-21(31)16-22)41(39,40)23-12-10-20(30)11-13-23/h6-16,26H,5,17-18H2,1-4H3,(H,34,38)/t26-/m0/s1. The molecule has 3 aromatic rings. The molecule has 0 aliphatic heterocycles. The lowest BCUT2D eigenvalue weighted by Crippen LogP contribution is -2.55. The molecule has 0 radical (unpaired) electrons. The lowest BCUT2D eigenvalue weighted by Gasteiger charge is -2.34. The highest BCUT2D eigenvalue weighted by Crippen LogP contribution is 2.28. The van der Waals surface area contributed by atoms with Gasteiger partial charge in [0, 0.05) is 22.1 Å². The Morgan fingerprint density at radius 1 is 0.878 bits per heavy atom. The molecule has 0 saturated carbocycles. The maximum Gasteiger partial charge on any atom is 0.264 e. The number of hydrogen-bond acceptors (Lipinski definition) is 4. The topological polar surface area (TPSA) is 86.8 Å². The van der Waals surface area contributed by atoms with Crippen molar-refractivity contribution < 1.29 is 18.0 Å². The summed E-state index contributed by atoms with van der Waals surface area (Å²) in [7, 11) is -4.25. The number of benzene rings is 3. The Hall–Kier alpha value is -2.49. The fourth-order valence-corrected chi connectivity index (χ4v) is 6.14. The number of carbonyl (C=O) groups is 2. The third-order valence-electron chi connectivity index (χ3n) is 6.00. The third kappa shape index (κ3) is 8.75. The van der Waals surface area contributed by atoms with Crippen molar-refractivity contribution in [2.24, 2.45) is 0 Å². The summed E-state index contributed by atoms with van der Waals surface area (Å²) in [6, 6.07) is 15.8. The molecular formula is C29H31Cl4N3O4S. The molecule has 0 bridgehead atoms. The van der Waals surface area contributed by atoms with Gasteiger partial charge in [0.25, 0.3) is 10.0 Å². The van der Waals surface area contributed by atoms with E-state index in [1.165, 1.54) is 35.2 Å². The molecule has 0 aliphatic rings. The van der Waals surface area contributed by atoms with Gasteiger partial charge in [-0.2, -0.15) is 0 Å². The Morgan fingerprint density at radius 2 is 1.54 bits per heavy atom. The van der Waals surface area contributed by atoms with Crippen LogP contribution in [0.5, 0.6) is 0 Å². The van der Waals surface area contributed by atoms with Gasteiger partial charge in [-0.05, 0) is 87.4 Å². The van der Waals surface area contributed by atoms with Crippen LogP contribution in [0.4, 0.5) is 5.69 Å². The summed E-state index contributed by atoms with van der Waals surface area (Å²) >= 11 is 24.5. The fraction of sp³-hybridized carbons (Fsp3) is 0.310. The van der Waals surface area contributed by atoms with Crippen molar-refractivity contribution in [3.05, 3.63) is 92.4 Å². The van der Waals surface area contributed by atoms with Crippen molar-refractivity contribution in [1.82, 2.24) is 10.2 Å². The molecule has 1 atom stereocenters. The molecule has 220 valence electrons. The number of rotatable bonds is 10. The van der Waals surface area contributed by atoms with E-state index in [-0.39, 0.29) is 39.5 Å². The number of carbonyl (C=O) groups excluding carboxylic acids is 2. The van der Waals surface area contributed by atoms with Crippen molar-refractivity contribution in [1.29, 1.82) is 0 Å². The van der Waals surface area contributed by atoms with Gasteiger partial charge in [0.15, 0.2) is 0 Å². The largest absolute Gasteiger partial charge is 0.350 e. The van der Waals surface area contributed by atoms with Crippen LogP contribution in [0.15, 0.2) is 71.6 Å². The minimum Gasteiger partial charge on any atom is -0.350 e. The van der Waals surface area contributed by atoms with Gasteiger partial charge in [-0.3, -0.25) is 13.9 Å². The summed E-state index contributed by atoms with van der Waals surface area (Å²) in [5.74, 6) is -0.979. The van der Waals surface area contributed by atoms with Crippen LogP contribution in [-0.2, 0) is 26.2 Å². The maximum absolute atomic E-state index is 14.1. The fourth-order valence-electron chi connectivity index (χ4n) is 4.10. The van der Waals surface area contributed by atoms with E-state index in [2.05, 4.69) is 5.32 Å². The molecule has 3 rings (SSSR count). The van der Waals surface area contributed by atoms with Gasteiger partial charge in [-0.25, -0.2) is 8.42 Å². The van der Waals surface area contributed by atoms with E-state index in [0.717, 1.165) is 4.31 Å². The van der Waals surface area contributed by atoms with Gasteiger partial charge in [0.1, 0.15) is 12.6 Å². The number of halogens is 4. The van der Waals surface area contributed by atoms with Gasteiger partial charge in [0.2, 0.25) is 11.8 Å². The van der Waals surface area contributed by atoms with Crippen LogP contribution in [0.3, 0.4) is 0 Å². The summed E-state index contributed by atoms with van der Waals surface area (Å²) in [6.45, 7) is 6.66. The molecule has 0 fully saturated rings. The lowest BCUT2D eigenvalue weighted by atomic mass is 10.1. The van der Waals surface area contributed by atoms with Crippen molar-refractivity contribution >= 4 is 73.9 Å². The molecule has 0 saturated heterocycles. The quantitative estimate of drug-likeness (QED) is 0.249. The average Bonchev–Trinajstić information content (AvgIpc) is 2.88. The first-order chi connectivity index (χ1) is 19.1. The number of amides is 2. The predicted octanol–water partition coefficient (Wildman–Crippen LogP) is 7.22. The first-order valence-corrected chi connectivity index (χ1v) is 15.7. The van der Waals surface area contributed by atoms with Crippen LogP contribution in [0, 0.1) is 0 Å². The highest BCUT2D eigenvalue weighted by molar-refractivity contribution is 7.92. The van der Waals surface area contributed by atoms with E-state index in [1.54, 1.807) is 43.3 Å². The van der Waals surface area contributed by atoms with Gasteiger partial charge >= 0.3 is 0 Å². The van der Waals surface area contributed by atoms with Crippen molar-refractivity contribution in [3.8, 4) is 0 Å². The van der Waals surface area contributed by atoms with E-state index in [0.29, 0.717) is 15.6 Å². The van der Waals surface area contributed by atoms with Gasteiger partial charge < -0.3 is 10.2 Å². The minimum absolute atomic E-state index is 0.0177. The Balaban J connectivity index is 2.09. The minimum atomic E-state index is -4.25. The first kappa shape index (κ1) is 33.0. The van der Waals surface area contributed by atoms with E-state index < -0.39 is 34.1 Å². The average molecular weight is 659 g/mol. The number of nitrogens with zero attached hydrogens (tertiary/aromatic N) is 2. The van der Waals surface area contributed by atoms with Gasteiger partial charge in [0.05, 0.1) is 20.6 Å². The molecule has 3 aromatic carbocycles. The maximum atomic E-state index is 14.1. The van der Waals surface area contributed by atoms with Gasteiger partial charge in [-0.1, -0.05) is 65.5 Å². The van der Waals surface area contributed by atoms with Crippen molar-refractivity contribution in [3.63, 3.8) is 0 Å². The molecular weight excluding hydrogens is 628 g/mol. The van der Waals surface area contributed by atoms with Crippen molar-refractivity contribution in [2.45, 2.75) is 57.1 Å². The normalized spacial score (nSPS) is 12.5. The number of anilines is 1. The molecule has 1 N–H and O–H groups in total. The van der Waals surface area contributed by atoms with E-state index in [1.807, 2.05) is 20.8 Å². The third-order valence-corrected chi connectivity index (χ3v) is 9.01. The lowest BCUT2D eigenvalue weighted by molar-refractivity contribution is -0.141. The van der Waals surface area contributed by atoms with Crippen LogP contribution in [0.1, 0.15) is 39.7 Å². The Morgan fingerprint density at radius 3 is 2.10 bits per heavy atom. The molecule has 0 aromatic heterocycles. The zero-order chi connectivity index (χ0) is 30.5. The van der Waals surface area contributed by atoms with Crippen LogP contribution in [0.2, 0.25) is 20.1 Å². The molecule has 7 nitrogen and oxygen atoms in total. The highest BCUT2D eigenvalue weighted by Gasteiger charge is 2.34. The zero-order valence-corrected chi connectivity index (χ0v) is 26.8. The van der Waals surface area contributed by atoms with Crippen LogP contribution >= 0.6 is 46.4 Å². The number of hydrogen-bond donors (Lipinski definition) is 1. The predicted molar refractivity (Wildman–Crippen MR) is 166 cm³/mol. The zero-order valence-electron chi connectivity index (χ0n) is 23.0. The second-order valence-corrected chi connectivity index (χ2v) is 13.9. The number of nitrogens with one attached hydrogen (secondary N) is 1.